The number of para-hydroxylation sites is 1. The standard InChI is InChI=1S/C14H15N3O3S/c18-12(19)7-9-8-21-6-5-17(9)14(20)13-10-3-1-2-4-11(10)15-16-13/h1-4,9H,5-8H2,(H,15,16)(H,18,19). The summed E-state index contributed by atoms with van der Waals surface area (Å²) >= 11 is 1.68. The summed E-state index contributed by atoms with van der Waals surface area (Å²) < 4.78 is 0. The van der Waals surface area contributed by atoms with Crippen molar-refractivity contribution >= 4 is 34.5 Å². The molecule has 1 fully saturated rings. The van der Waals surface area contributed by atoms with Crippen LogP contribution in [-0.2, 0) is 4.79 Å². The Kier molecular flexibility index (Phi) is 3.83. The van der Waals surface area contributed by atoms with Crippen molar-refractivity contribution in [2.45, 2.75) is 12.5 Å². The molecule has 6 nitrogen and oxygen atoms in total. The van der Waals surface area contributed by atoms with Crippen LogP contribution < -0.4 is 0 Å². The number of amides is 1. The quantitative estimate of drug-likeness (QED) is 0.899. The minimum Gasteiger partial charge on any atom is -0.481 e. The first-order chi connectivity index (χ1) is 10.2. The number of benzene rings is 1. The lowest BCUT2D eigenvalue weighted by atomic mass is 10.1. The average Bonchev–Trinajstić information content (AvgIpc) is 2.90. The maximum absolute atomic E-state index is 12.7. The summed E-state index contributed by atoms with van der Waals surface area (Å²) in [7, 11) is 0. The summed E-state index contributed by atoms with van der Waals surface area (Å²) in [4.78, 5) is 25.3. The van der Waals surface area contributed by atoms with Gasteiger partial charge in [0.1, 0.15) is 0 Å². The molecule has 0 bridgehead atoms. The van der Waals surface area contributed by atoms with Crippen LogP contribution in [0, 0.1) is 0 Å². The molecule has 0 aliphatic carbocycles. The lowest BCUT2D eigenvalue weighted by Gasteiger charge is -2.34. The largest absolute Gasteiger partial charge is 0.481 e. The zero-order valence-electron chi connectivity index (χ0n) is 11.3. The van der Waals surface area contributed by atoms with Crippen LogP contribution in [0.4, 0.5) is 0 Å². The molecule has 1 unspecified atom stereocenters. The Bertz CT molecular complexity index is 685. The van der Waals surface area contributed by atoms with E-state index in [1.165, 1.54) is 0 Å². The Labute approximate surface area is 125 Å². The number of carboxylic acids is 1. The number of fused-ring (bicyclic) bond motifs is 1. The van der Waals surface area contributed by atoms with Crippen molar-refractivity contribution in [3.8, 4) is 0 Å². The fourth-order valence-electron chi connectivity index (χ4n) is 2.56. The summed E-state index contributed by atoms with van der Waals surface area (Å²) in [5, 5.41) is 16.7. The number of thioether (sulfide) groups is 1. The van der Waals surface area contributed by atoms with Crippen LogP contribution in [0.3, 0.4) is 0 Å². The Morgan fingerprint density at radius 3 is 3.05 bits per heavy atom. The molecule has 1 aliphatic heterocycles. The summed E-state index contributed by atoms with van der Waals surface area (Å²) in [6.45, 7) is 0.558. The predicted octanol–water partition coefficient (Wildman–Crippen LogP) is 1.60. The average molecular weight is 305 g/mol. The molecule has 0 spiro atoms. The van der Waals surface area contributed by atoms with Crippen LogP contribution in [0.5, 0.6) is 0 Å². The Hall–Kier alpha value is -2.02. The van der Waals surface area contributed by atoms with Gasteiger partial charge in [-0.25, -0.2) is 0 Å². The molecular formula is C14H15N3O3S. The summed E-state index contributed by atoms with van der Waals surface area (Å²) in [5.41, 5.74) is 1.18. The van der Waals surface area contributed by atoms with Crippen LogP contribution >= 0.6 is 11.8 Å². The van der Waals surface area contributed by atoms with E-state index in [9.17, 15) is 9.59 Å². The molecule has 2 heterocycles. The topological polar surface area (TPSA) is 86.3 Å². The Morgan fingerprint density at radius 2 is 2.24 bits per heavy atom. The van der Waals surface area contributed by atoms with E-state index in [0.717, 1.165) is 16.7 Å². The van der Waals surface area contributed by atoms with Gasteiger partial charge in [0, 0.05) is 23.4 Å². The third kappa shape index (κ3) is 2.73. The molecule has 21 heavy (non-hydrogen) atoms. The Balaban J connectivity index is 1.90. The van der Waals surface area contributed by atoms with Crippen molar-refractivity contribution in [1.82, 2.24) is 15.1 Å². The number of aromatic nitrogens is 2. The molecule has 1 aromatic carbocycles. The van der Waals surface area contributed by atoms with E-state index in [1.807, 2.05) is 24.3 Å². The molecule has 3 rings (SSSR count). The second-order valence-electron chi connectivity index (χ2n) is 4.94. The molecule has 1 amide bonds. The van der Waals surface area contributed by atoms with Crippen molar-refractivity contribution < 1.29 is 14.7 Å². The molecular weight excluding hydrogens is 290 g/mol. The number of nitrogens with one attached hydrogen (secondary N) is 1. The summed E-state index contributed by atoms with van der Waals surface area (Å²) in [6, 6.07) is 7.16. The summed E-state index contributed by atoms with van der Waals surface area (Å²) in [5.74, 6) is 0.399. The zero-order valence-corrected chi connectivity index (χ0v) is 12.1. The van der Waals surface area contributed by atoms with Crippen molar-refractivity contribution in [1.29, 1.82) is 0 Å². The number of aliphatic carboxylic acids is 1. The van der Waals surface area contributed by atoms with Gasteiger partial charge in [-0.3, -0.25) is 14.7 Å². The first kappa shape index (κ1) is 13.9. The van der Waals surface area contributed by atoms with Gasteiger partial charge in [-0.05, 0) is 6.07 Å². The molecule has 1 saturated heterocycles. The van der Waals surface area contributed by atoms with Crippen molar-refractivity contribution in [2.24, 2.45) is 0 Å². The number of hydrogen-bond acceptors (Lipinski definition) is 4. The maximum atomic E-state index is 12.7. The highest BCUT2D eigenvalue weighted by Crippen LogP contribution is 2.23. The highest BCUT2D eigenvalue weighted by atomic mass is 32.2. The smallest absolute Gasteiger partial charge is 0.305 e. The van der Waals surface area contributed by atoms with Gasteiger partial charge >= 0.3 is 5.97 Å². The lowest BCUT2D eigenvalue weighted by molar-refractivity contribution is -0.138. The number of carbonyl (C=O) groups excluding carboxylic acids is 1. The Morgan fingerprint density at radius 1 is 1.43 bits per heavy atom. The molecule has 1 atom stereocenters. The third-order valence-electron chi connectivity index (χ3n) is 3.57. The van der Waals surface area contributed by atoms with E-state index in [1.54, 1.807) is 16.7 Å². The number of aromatic amines is 1. The van der Waals surface area contributed by atoms with Gasteiger partial charge < -0.3 is 10.0 Å². The first-order valence-electron chi connectivity index (χ1n) is 6.70. The normalized spacial score (nSPS) is 18.9. The highest BCUT2D eigenvalue weighted by molar-refractivity contribution is 7.99. The van der Waals surface area contributed by atoms with E-state index < -0.39 is 5.97 Å². The number of nitrogens with zero attached hydrogens (tertiary/aromatic N) is 2. The highest BCUT2D eigenvalue weighted by Gasteiger charge is 2.31. The van der Waals surface area contributed by atoms with Gasteiger partial charge in [-0.1, -0.05) is 18.2 Å². The van der Waals surface area contributed by atoms with E-state index in [2.05, 4.69) is 10.2 Å². The van der Waals surface area contributed by atoms with Gasteiger partial charge in [-0.2, -0.15) is 16.9 Å². The molecule has 110 valence electrons. The van der Waals surface area contributed by atoms with Gasteiger partial charge in [0.05, 0.1) is 18.0 Å². The number of hydrogen-bond donors (Lipinski definition) is 2. The molecule has 1 aromatic heterocycles. The van der Waals surface area contributed by atoms with Crippen molar-refractivity contribution in [3.63, 3.8) is 0 Å². The molecule has 0 saturated carbocycles. The van der Waals surface area contributed by atoms with Crippen molar-refractivity contribution in [3.05, 3.63) is 30.0 Å². The van der Waals surface area contributed by atoms with Gasteiger partial charge in [0.15, 0.2) is 5.69 Å². The fraction of sp³-hybridized carbons (Fsp3) is 0.357. The van der Waals surface area contributed by atoms with E-state index in [4.69, 9.17) is 5.11 Å². The van der Waals surface area contributed by atoms with Gasteiger partial charge in [0.2, 0.25) is 0 Å². The molecule has 7 heteroatoms. The maximum Gasteiger partial charge on any atom is 0.305 e. The number of carbonyl (C=O) groups is 2. The second kappa shape index (κ2) is 5.77. The second-order valence-corrected chi connectivity index (χ2v) is 6.09. The van der Waals surface area contributed by atoms with E-state index >= 15 is 0 Å². The van der Waals surface area contributed by atoms with Crippen LogP contribution in [0.2, 0.25) is 0 Å². The van der Waals surface area contributed by atoms with Gasteiger partial charge in [-0.15, -0.1) is 0 Å². The predicted molar refractivity (Wildman–Crippen MR) is 80.5 cm³/mol. The lowest BCUT2D eigenvalue weighted by Crippen LogP contribution is -2.47. The van der Waals surface area contributed by atoms with Gasteiger partial charge in [0.25, 0.3) is 5.91 Å². The first-order valence-corrected chi connectivity index (χ1v) is 7.86. The van der Waals surface area contributed by atoms with Crippen LogP contribution in [-0.4, -0.2) is 56.2 Å². The van der Waals surface area contributed by atoms with Crippen molar-refractivity contribution in [2.75, 3.05) is 18.1 Å². The molecule has 2 aromatic rings. The zero-order chi connectivity index (χ0) is 14.8. The van der Waals surface area contributed by atoms with E-state index in [-0.39, 0.29) is 18.4 Å². The number of H-pyrrole nitrogens is 1. The monoisotopic (exact) mass is 305 g/mol. The van der Waals surface area contributed by atoms with Crippen LogP contribution in [0.15, 0.2) is 24.3 Å². The van der Waals surface area contributed by atoms with Crippen LogP contribution in [0.1, 0.15) is 16.9 Å². The third-order valence-corrected chi connectivity index (χ3v) is 4.66. The molecule has 0 radical (unpaired) electrons. The molecule has 2 N–H and O–H groups in total. The number of carboxylic acid groups (broad SMARTS) is 1. The minimum absolute atomic E-state index is 0.0267. The number of rotatable bonds is 3. The van der Waals surface area contributed by atoms with E-state index in [0.29, 0.717) is 18.0 Å². The summed E-state index contributed by atoms with van der Waals surface area (Å²) in [6.07, 6.45) is -0.0267. The minimum atomic E-state index is -0.882. The SMILES string of the molecule is O=C(O)CC1CSCCN1C(=O)c1n[nH]c2ccccc12. The molecule has 1 aliphatic rings. The van der Waals surface area contributed by atoms with Crippen LogP contribution in [0.25, 0.3) is 10.9 Å². The fourth-order valence-corrected chi connectivity index (χ4v) is 3.62.